The minimum atomic E-state index is -0.133. The van der Waals surface area contributed by atoms with E-state index in [1.165, 1.54) is 0 Å². The maximum Gasteiger partial charge on any atom is 0.309 e. The van der Waals surface area contributed by atoms with Crippen LogP contribution < -0.4 is 4.90 Å². The van der Waals surface area contributed by atoms with Gasteiger partial charge in [-0.2, -0.15) is 0 Å². The van der Waals surface area contributed by atoms with Crippen LogP contribution in [0.3, 0.4) is 0 Å². The van der Waals surface area contributed by atoms with Crippen LogP contribution >= 0.6 is 0 Å². The topological polar surface area (TPSA) is 49.9 Å². The molecule has 5 nitrogen and oxygen atoms in total. The first kappa shape index (κ1) is 17.3. The van der Waals surface area contributed by atoms with Crippen LogP contribution in [0.25, 0.3) is 0 Å². The molecule has 0 spiro atoms. The van der Waals surface area contributed by atoms with Crippen molar-refractivity contribution in [1.82, 2.24) is 4.90 Å². The van der Waals surface area contributed by atoms with Gasteiger partial charge in [0.25, 0.3) is 5.91 Å². The molecule has 0 aliphatic carbocycles. The summed E-state index contributed by atoms with van der Waals surface area (Å²) in [5.41, 5.74) is 1.80. The van der Waals surface area contributed by atoms with Crippen LogP contribution in [0.2, 0.25) is 0 Å². The van der Waals surface area contributed by atoms with Crippen molar-refractivity contribution in [3.05, 3.63) is 29.8 Å². The molecular formula is C18H26N2O3. The third-order valence-electron chi connectivity index (χ3n) is 4.43. The van der Waals surface area contributed by atoms with Crippen LogP contribution in [0, 0.1) is 5.92 Å². The molecule has 0 N–H and O–H groups in total. The van der Waals surface area contributed by atoms with E-state index >= 15 is 0 Å². The molecule has 126 valence electrons. The number of hydrogen-bond donors (Lipinski definition) is 0. The summed E-state index contributed by atoms with van der Waals surface area (Å²) in [5, 5.41) is 0. The lowest BCUT2D eigenvalue weighted by Crippen LogP contribution is -2.40. The second-order valence-corrected chi connectivity index (χ2v) is 5.88. The number of piperidine rings is 1. The molecule has 0 saturated carbocycles. The minimum absolute atomic E-state index is 0.0398. The molecule has 0 aromatic heterocycles. The van der Waals surface area contributed by atoms with Crippen LogP contribution in [-0.4, -0.2) is 50.1 Å². The summed E-state index contributed by atoms with van der Waals surface area (Å²) >= 11 is 0. The minimum Gasteiger partial charge on any atom is -0.466 e. The fourth-order valence-corrected chi connectivity index (χ4v) is 2.80. The summed E-state index contributed by atoms with van der Waals surface area (Å²) in [4.78, 5) is 28.2. The van der Waals surface area contributed by atoms with Gasteiger partial charge in [-0.25, -0.2) is 0 Å². The third-order valence-corrected chi connectivity index (χ3v) is 4.43. The molecule has 1 heterocycles. The normalized spacial score (nSPS) is 15.3. The lowest BCUT2D eigenvalue weighted by molar-refractivity contribution is -0.149. The molecule has 1 aliphatic rings. The van der Waals surface area contributed by atoms with E-state index in [1.807, 2.05) is 43.1 Å². The zero-order chi connectivity index (χ0) is 16.8. The van der Waals surface area contributed by atoms with Gasteiger partial charge in [0.2, 0.25) is 0 Å². The van der Waals surface area contributed by atoms with Crippen LogP contribution in [0.4, 0.5) is 5.69 Å². The number of nitrogens with zero attached hydrogens (tertiary/aromatic N) is 2. The summed E-state index contributed by atoms with van der Waals surface area (Å²) in [6.07, 6.45) is 1.36. The predicted octanol–water partition coefficient (Wildman–Crippen LogP) is 2.56. The Hall–Kier alpha value is -2.04. The molecule has 0 unspecified atom stereocenters. The molecule has 0 bridgehead atoms. The largest absolute Gasteiger partial charge is 0.466 e. The number of carbonyl (C=O) groups is 2. The molecule has 1 aromatic rings. The maximum atomic E-state index is 12.5. The van der Waals surface area contributed by atoms with Gasteiger partial charge in [-0.15, -0.1) is 0 Å². The standard InChI is InChI=1S/C18H26N2O3/c1-4-19(3)16-8-6-14(7-9-16)17(21)20-12-10-15(11-13-20)18(22)23-5-2/h6-9,15H,4-5,10-13H2,1-3H3. The number of amides is 1. The van der Waals surface area contributed by atoms with Crippen LogP contribution in [0.15, 0.2) is 24.3 Å². The second-order valence-electron chi connectivity index (χ2n) is 5.88. The molecule has 1 amide bonds. The fraction of sp³-hybridized carbons (Fsp3) is 0.556. The van der Waals surface area contributed by atoms with Crippen molar-refractivity contribution in [2.24, 2.45) is 5.92 Å². The average Bonchev–Trinajstić information content (AvgIpc) is 2.61. The highest BCUT2D eigenvalue weighted by Gasteiger charge is 2.28. The maximum absolute atomic E-state index is 12.5. The van der Waals surface area contributed by atoms with Gasteiger partial charge >= 0.3 is 5.97 Å². The molecule has 1 fully saturated rings. The lowest BCUT2D eigenvalue weighted by atomic mass is 9.96. The van der Waals surface area contributed by atoms with E-state index < -0.39 is 0 Å². The van der Waals surface area contributed by atoms with E-state index in [0.717, 1.165) is 12.2 Å². The SMILES string of the molecule is CCOC(=O)C1CCN(C(=O)c2ccc(N(C)CC)cc2)CC1. The predicted molar refractivity (Wildman–Crippen MR) is 90.6 cm³/mol. The number of ether oxygens (including phenoxy) is 1. The molecule has 5 heteroatoms. The highest BCUT2D eigenvalue weighted by molar-refractivity contribution is 5.94. The molecule has 1 aliphatic heterocycles. The Morgan fingerprint density at radius 2 is 1.78 bits per heavy atom. The number of rotatable bonds is 5. The highest BCUT2D eigenvalue weighted by Crippen LogP contribution is 2.21. The highest BCUT2D eigenvalue weighted by atomic mass is 16.5. The first-order chi connectivity index (χ1) is 11.1. The van der Waals surface area contributed by atoms with E-state index in [-0.39, 0.29) is 17.8 Å². The van der Waals surface area contributed by atoms with Crippen LogP contribution in [-0.2, 0) is 9.53 Å². The number of esters is 1. The summed E-state index contributed by atoms with van der Waals surface area (Å²) in [7, 11) is 2.02. The van der Waals surface area contributed by atoms with Crippen molar-refractivity contribution in [2.75, 3.05) is 38.2 Å². The Bertz CT molecular complexity index is 534. The summed E-state index contributed by atoms with van der Waals surface area (Å²) in [6, 6.07) is 7.70. The first-order valence-electron chi connectivity index (χ1n) is 8.33. The average molecular weight is 318 g/mol. The fourth-order valence-electron chi connectivity index (χ4n) is 2.80. The number of likely N-dealkylation sites (tertiary alicyclic amines) is 1. The number of anilines is 1. The quantitative estimate of drug-likeness (QED) is 0.783. The van der Waals surface area contributed by atoms with Gasteiger partial charge in [-0.3, -0.25) is 9.59 Å². The van der Waals surface area contributed by atoms with E-state index in [2.05, 4.69) is 11.8 Å². The van der Waals surface area contributed by atoms with Crippen molar-refractivity contribution in [1.29, 1.82) is 0 Å². The van der Waals surface area contributed by atoms with Gasteiger partial charge in [-0.05, 0) is 51.0 Å². The number of carbonyl (C=O) groups excluding carboxylic acids is 2. The molecular weight excluding hydrogens is 292 g/mol. The Morgan fingerprint density at radius 3 is 2.30 bits per heavy atom. The van der Waals surface area contributed by atoms with Crippen molar-refractivity contribution < 1.29 is 14.3 Å². The Balaban J connectivity index is 1.93. The zero-order valence-electron chi connectivity index (χ0n) is 14.2. The van der Waals surface area contributed by atoms with Gasteiger partial charge in [0.05, 0.1) is 12.5 Å². The van der Waals surface area contributed by atoms with E-state index in [4.69, 9.17) is 4.74 Å². The van der Waals surface area contributed by atoms with E-state index in [0.29, 0.717) is 38.1 Å². The van der Waals surface area contributed by atoms with Crippen LogP contribution in [0.1, 0.15) is 37.0 Å². The van der Waals surface area contributed by atoms with Gasteiger partial charge < -0.3 is 14.5 Å². The van der Waals surface area contributed by atoms with Crippen molar-refractivity contribution >= 4 is 17.6 Å². The first-order valence-corrected chi connectivity index (χ1v) is 8.33. The zero-order valence-corrected chi connectivity index (χ0v) is 14.2. The smallest absolute Gasteiger partial charge is 0.309 e. The Morgan fingerprint density at radius 1 is 1.17 bits per heavy atom. The molecule has 1 aromatic carbocycles. The third kappa shape index (κ3) is 4.24. The molecule has 2 rings (SSSR count). The van der Waals surface area contributed by atoms with Crippen LogP contribution in [0.5, 0.6) is 0 Å². The van der Waals surface area contributed by atoms with Gasteiger partial charge in [-0.1, -0.05) is 0 Å². The summed E-state index contributed by atoms with van der Waals surface area (Å²) < 4.78 is 5.06. The number of hydrogen-bond acceptors (Lipinski definition) is 4. The summed E-state index contributed by atoms with van der Waals surface area (Å²) in [6.45, 7) is 6.46. The number of benzene rings is 1. The molecule has 0 atom stereocenters. The van der Waals surface area contributed by atoms with E-state index in [9.17, 15) is 9.59 Å². The van der Waals surface area contributed by atoms with E-state index in [1.54, 1.807) is 0 Å². The molecule has 1 saturated heterocycles. The molecule has 0 radical (unpaired) electrons. The van der Waals surface area contributed by atoms with Gasteiger partial charge in [0.1, 0.15) is 0 Å². The molecule has 23 heavy (non-hydrogen) atoms. The lowest BCUT2D eigenvalue weighted by Gasteiger charge is -2.31. The van der Waals surface area contributed by atoms with Crippen molar-refractivity contribution in [3.63, 3.8) is 0 Å². The van der Waals surface area contributed by atoms with Crippen molar-refractivity contribution in [3.8, 4) is 0 Å². The second kappa shape index (κ2) is 7.99. The Kier molecular flexibility index (Phi) is 6.02. The monoisotopic (exact) mass is 318 g/mol. The van der Waals surface area contributed by atoms with Gasteiger partial charge in [0, 0.05) is 37.9 Å². The Labute approximate surface area is 138 Å². The van der Waals surface area contributed by atoms with Crippen molar-refractivity contribution in [2.45, 2.75) is 26.7 Å². The van der Waals surface area contributed by atoms with Gasteiger partial charge in [0.15, 0.2) is 0 Å². The summed E-state index contributed by atoms with van der Waals surface area (Å²) in [5.74, 6) is -0.163.